The van der Waals surface area contributed by atoms with Crippen molar-refractivity contribution in [2.24, 2.45) is 14.1 Å². The predicted molar refractivity (Wildman–Crippen MR) is 214 cm³/mol. The van der Waals surface area contributed by atoms with Gasteiger partial charge in [-0.05, 0) is 106 Å². The summed E-state index contributed by atoms with van der Waals surface area (Å²) in [5.41, 5.74) is 8.85. The lowest BCUT2D eigenvalue weighted by molar-refractivity contribution is -0.144. The minimum Gasteiger partial charge on any atom is -0.468 e. The lowest BCUT2D eigenvalue weighted by Gasteiger charge is -2.33. The van der Waals surface area contributed by atoms with Gasteiger partial charge in [-0.2, -0.15) is 0 Å². The van der Waals surface area contributed by atoms with E-state index in [4.69, 9.17) is 14.2 Å². The fourth-order valence-electron chi connectivity index (χ4n) is 6.60. The molecule has 0 saturated carbocycles. The Bertz CT molecular complexity index is 2070. The third kappa shape index (κ3) is 9.88. The van der Waals surface area contributed by atoms with Crippen LogP contribution in [-0.4, -0.2) is 84.1 Å². The summed E-state index contributed by atoms with van der Waals surface area (Å²) >= 11 is 0. The topological polar surface area (TPSA) is 154 Å². The molecule has 0 fully saturated rings. The van der Waals surface area contributed by atoms with Crippen LogP contribution in [0.5, 0.6) is 0 Å². The molecule has 2 unspecified atom stereocenters. The van der Waals surface area contributed by atoms with E-state index in [0.717, 1.165) is 63.6 Å². The molecule has 0 radical (unpaired) electrons. The number of hydrogen-bond donors (Lipinski definition) is 3. The summed E-state index contributed by atoms with van der Waals surface area (Å²) in [5.74, 6) is -0.672. The molecular weight excluding hydrogens is 701 g/mol. The van der Waals surface area contributed by atoms with Crippen molar-refractivity contribution in [1.82, 2.24) is 29.7 Å². The molecule has 0 bridgehead atoms. The van der Waals surface area contributed by atoms with Gasteiger partial charge in [0.1, 0.15) is 17.7 Å². The van der Waals surface area contributed by atoms with Gasteiger partial charge in [-0.25, -0.2) is 24.4 Å². The summed E-state index contributed by atoms with van der Waals surface area (Å²) < 4.78 is 19.2. The van der Waals surface area contributed by atoms with Crippen molar-refractivity contribution in [2.75, 3.05) is 51.6 Å². The van der Waals surface area contributed by atoms with Gasteiger partial charge in [0.15, 0.2) is 0 Å². The quantitative estimate of drug-likeness (QED) is 0.149. The van der Waals surface area contributed by atoms with Crippen molar-refractivity contribution in [3.63, 3.8) is 0 Å². The van der Waals surface area contributed by atoms with Crippen LogP contribution in [0.15, 0.2) is 61.4 Å². The average Bonchev–Trinajstić information content (AvgIpc) is 3.77. The number of benzene rings is 2. The molecule has 6 rings (SSSR count). The van der Waals surface area contributed by atoms with Gasteiger partial charge in [0.2, 0.25) is 0 Å². The van der Waals surface area contributed by atoms with Crippen LogP contribution in [-0.2, 0) is 37.9 Å². The van der Waals surface area contributed by atoms with Gasteiger partial charge in [0.25, 0.3) is 0 Å². The molecule has 2 aromatic carbocycles. The number of amides is 1. The van der Waals surface area contributed by atoms with Gasteiger partial charge in [0, 0.05) is 56.4 Å². The molecule has 14 heteroatoms. The first-order chi connectivity index (χ1) is 26.2. The predicted octanol–water partition coefficient (Wildman–Crippen LogP) is 5.75. The lowest BCUT2D eigenvalue weighted by Crippen LogP contribution is -2.39. The Balaban J connectivity index is 0.000000218. The number of aromatic nitrogens is 4. The summed E-state index contributed by atoms with van der Waals surface area (Å²) in [6.07, 6.45) is 12.7. The summed E-state index contributed by atoms with van der Waals surface area (Å²) in [5, 5.41) is 9.42. The van der Waals surface area contributed by atoms with Gasteiger partial charge in [-0.15, -0.1) is 0 Å². The minimum absolute atomic E-state index is 0.295. The highest BCUT2D eigenvalue weighted by molar-refractivity contribution is 5.98. The van der Waals surface area contributed by atoms with E-state index in [-0.39, 0.29) is 11.9 Å². The van der Waals surface area contributed by atoms with E-state index in [2.05, 4.69) is 32.0 Å². The van der Waals surface area contributed by atoms with E-state index in [0.29, 0.717) is 13.0 Å². The largest absolute Gasteiger partial charge is 0.468 e. The van der Waals surface area contributed by atoms with Gasteiger partial charge >= 0.3 is 18.0 Å². The first-order valence-electron chi connectivity index (χ1n) is 18.2. The molecule has 2 aliphatic rings. The molecule has 4 aromatic rings. The Morgan fingerprint density at radius 1 is 0.800 bits per heavy atom. The van der Waals surface area contributed by atoms with Crippen LogP contribution in [0.2, 0.25) is 0 Å². The number of hydrogen-bond acceptors (Lipinski definition) is 11. The second-order valence-electron chi connectivity index (χ2n) is 14.4. The molecule has 2 atom stereocenters. The summed E-state index contributed by atoms with van der Waals surface area (Å²) in [7, 11) is 10.1. The SMILES string of the molecule is CNC(C(=O)OC)c1ccc2c(c1)/C(=C/c1cn(C)cn1)CCN2.CNC(C(=O)OC)c1ccc2c(c1)/C(=C/c1cn(C)cn1)CCN2C(=O)OC(C)(C)C. The van der Waals surface area contributed by atoms with Crippen LogP contribution in [0.1, 0.15) is 79.3 Å². The number of carbonyl (C=O) groups is 3. The molecule has 2 aromatic heterocycles. The zero-order chi connectivity index (χ0) is 39.9. The fraction of sp³-hybridized carbons (Fsp3) is 0.390. The Hall–Kier alpha value is -5.73. The van der Waals surface area contributed by atoms with Crippen molar-refractivity contribution in [3.05, 3.63) is 95.1 Å². The van der Waals surface area contributed by atoms with Crippen molar-refractivity contribution < 1.29 is 28.6 Å². The van der Waals surface area contributed by atoms with Crippen LogP contribution < -0.4 is 20.9 Å². The number of ether oxygens (including phenoxy) is 3. The maximum Gasteiger partial charge on any atom is 0.414 e. The lowest BCUT2D eigenvalue weighted by atomic mass is 9.91. The number of esters is 2. The zero-order valence-electron chi connectivity index (χ0n) is 33.1. The van der Waals surface area contributed by atoms with Crippen molar-refractivity contribution >= 4 is 52.7 Å². The third-order valence-corrected chi connectivity index (χ3v) is 9.19. The second-order valence-corrected chi connectivity index (χ2v) is 14.4. The molecule has 4 heterocycles. The Morgan fingerprint density at radius 3 is 1.82 bits per heavy atom. The number of aryl methyl sites for hydroxylation is 2. The third-order valence-electron chi connectivity index (χ3n) is 9.19. The second kappa shape index (κ2) is 17.6. The maximum absolute atomic E-state index is 12.9. The van der Waals surface area contributed by atoms with Crippen LogP contribution in [0.4, 0.5) is 16.2 Å². The molecule has 292 valence electrons. The first-order valence-corrected chi connectivity index (χ1v) is 18.2. The number of methoxy groups -OCH3 is 2. The van der Waals surface area contributed by atoms with Gasteiger partial charge in [-0.3, -0.25) is 4.90 Å². The van der Waals surface area contributed by atoms with Crippen molar-refractivity contribution in [1.29, 1.82) is 0 Å². The normalized spacial score (nSPS) is 16.2. The van der Waals surface area contributed by atoms with Gasteiger partial charge < -0.3 is 39.3 Å². The van der Waals surface area contributed by atoms with E-state index in [1.54, 1.807) is 31.6 Å². The molecular formula is C41H52N8O6. The smallest absolute Gasteiger partial charge is 0.414 e. The molecule has 55 heavy (non-hydrogen) atoms. The van der Waals surface area contributed by atoms with Crippen LogP contribution in [0.3, 0.4) is 0 Å². The fourth-order valence-corrected chi connectivity index (χ4v) is 6.60. The Morgan fingerprint density at radius 2 is 1.33 bits per heavy atom. The zero-order valence-corrected chi connectivity index (χ0v) is 33.1. The van der Waals surface area contributed by atoms with Crippen LogP contribution in [0.25, 0.3) is 23.3 Å². The van der Waals surface area contributed by atoms with Gasteiger partial charge in [0.05, 0.1) is 43.9 Å². The monoisotopic (exact) mass is 752 g/mol. The Labute approximate surface area is 322 Å². The molecule has 2 aliphatic heterocycles. The highest BCUT2D eigenvalue weighted by Gasteiger charge is 2.31. The van der Waals surface area contributed by atoms with Crippen molar-refractivity contribution in [3.8, 4) is 0 Å². The first kappa shape index (κ1) is 40.5. The summed E-state index contributed by atoms with van der Waals surface area (Å²) in [6, 6.07) is 10.6. The number of fused-ring (bicyclic) bond motifs is 2. The number of nitrogens with zero attached hydrogens (tertiary/aromatic N) is 5. The molecule has 3 N–H and O–H groups in total. The maximum atomic E-state index is 12.9. The van der Waals surface area contributed by atoms with E-state index < -0.39 is 23.8 Å². The summed E-state index contributed by atoms with van der Waals surface area (Å²) in [4.78, 5) is 47.5. The number of carbonyl (C=O) groups excluding carboxylic acids is 3. The van der Waals surface area contributed by atoms with Crippen molar-refractivity contribution in [2.45, 2.75) is 51.3 Å². The van der Waals surface area contributed by atoms with E-state index in [9.17, 15) is 14.4 Å². The molecule has 0 spiro atoms. The molecule has 0 aliphatic carbocycles. The molecule has 0 saturated heterocycles. The van der Waals surface area contributed by atoms with Crippen LogP contribution in [0, 0.1) is 0 Å². The number of rotatable bonds is 8. The average molecular weight is 753 g/mol. The minimum atomic E-state index is -0.608. The number of imidazole rings is 2. The number of nitrogens with one attached hydrogen (secondary N) is 3. The summed E-state index contributed by atoms with van der Waals surface area (Å²) in [6.45, 7) is 6.92. The van der Waals surface area contributed by atoms with E-state index in [1.807, 2.05) is 98.9 Å². The standard InChI is InChI=1S/C23H30N4O4.C18H22N4O2/c1-23(2,3)31-22(29)27-10-9-15(11-17-13-26(5)14-25-17)18-12-16(7-8-19(18)27)20(24-4)21(28)30-6;1-19-17(18(23)24-3)13-4-5-16-15(9-13)12(6-7-20-16)8-14-10-22(2)11-21-14/h7-8,11-14,20,24H,9-10H2,1-6H3;4-5,8-11,17,19-20H,6-7H2,1-3H3/b15-11+;12-8+. The number of anilines is 2. The molecule has 14 nitrogen and oxygen atoms in total. The van der Waals surface area contributed by atoms with E-state index >= 15 is 0 Å². The number of likely N-dealkylation sites (N-methyl/N-ethyl adjacent to an activating group) is 2. The molecule has 1 amide bonds. The van der Waals surface area contributed by atoms with Crippen LogP contribution >= 0.6 is 0 Å². The Kier molecular flexibility index (Phi) is 12.9. The highest BCUT2D eigenvalue weighted by Crippen LogP contribution is 2.39. The van der Waals surface area contributed by atoms with Gasteiger partial charge in [-0.1, -0.05) is 12.1 Å². The van der Waals surface area contributed by atoms with E-state index in [1.165, 1.54) is 19.8 Å². The highest BCUT2D eigenvalue weighted by atomic mass is 16.6.